The maximum absolute atomic E-state index is 13.1. The van der Waals surface area contributed by atoms with Crippen LogP contribution in [0.25, 0.3) is 0 Å². The summed E-state index contributed by atoms with van der Waals surface area (Å²) >= 11 is 0. The zero-order valence-electron chi connectivity index (χ0n) is 21.4. The normalized spacial score (nSPS) is 21.3. The minimum absolute atomic E-state index is 0.0211. The summed E-state index contributed by atoms with van der Waals surface area (Å²) in [6.45, 7) is 10.2. The maximum atomic E-state index is 13.1. The van der Waals surface area contributed by atoms with Crippen molar-refractivity contribution in [1.29, 1.82) is 0 Å². The van der Waals surface area contributed by atoms with Crippen molar-refractivity contribution in [2.24, 2.45) is 11.8 Å². The second kappa shape index (κ2) is 12.7. The highest BCUT2D eigenvalue weighted by Gasteiger charge is 2.38. The number of benzene rings is 2. The minimum atomic E-state index is -0.138. The number of likely N-dealkylation sites (tertiary alicyclic amines) is 1. The molecule has 3 N–H and O–H groups in total. The van der Waals surface area contributed by atoms with Crippen molar-refractivity contribution in [3.8, 4) is 5.75 Å². The van der Waals surface area contributed by atoms with Gasteiger partial charge in [-0.2, -0.15) is 0 Å². The molecule has 2 aromatic carbocycles. The highest BCUT2D eigenvalue weighted by atomic mass is 16.3. The van der Waals surface area contributed by atoms with E-state index in [2.05, 4.69) is 47.6 Å². The van der Waals surface area contributed by atoms with E-state index in [0.29, 0.717) is 37.6 Å². The number of phenols is 1. The summed E-state index contributed by atoms with van der Waals surface area (Å²) in [4.78, 5) is 27.3. The quantitative estimate of drug-likeness (QED) is 0.457. The van der Waals surface area contributed by atoms with E-state index in [4.69, 9.17) is 0 Å². The van der Waals surface area contributed by atoms with Crippen LogP contribution in [0, 0.1) is 11.8 Å². The van der Waals surface area contributed by atoms with Crippen LogP contribution < -0.4 is 10.6 Å². The van der Waals surface area contributed by atoms with Gasteiger partial charge in [-0.3, -0.25) is 9.59 Å². The van der Waals surface area contributed by atoms with Gasteiger partial charge < -0.3 is 20.6 Å². The first-order chi connectivity index (χ1) is 16.8. The largest absolute Gasteiger partial charge is 0.508 e. The number of nitrogens with one attached hydrogen (secondary N) is 2. The second-order valence-electron chi connectivity index (χ2n) is 10.1. The van der Waals surface area contributed by atoms with E-state index in [1.165, 1.54) is 5.56 Å². The van der Waals surface area contributed by atoms with Gasteiger partial charge in [0.2, 0.25) is 11.8 Å². The third kappa shape index (κ3) is 7.56. The van der Waals surface area contributed by atoms with Crippen LogP contribution in [0.5, 0.6) is 5.75 Å². The average molecular weight is 480 g/mol. The van der Waals surface area contributed by atoms with Crippen LogP contribution in [0.2, 0.25) is 0 Å². The van der Waals surface area contributed by atoms with E-state index in [9.17, 15) is 14.7 Å². The van der Waals surface area contributed by atoms with Crippen LogP contribution in [-0.4, -0.2) is 54.5 Å². The molecule has 0 aromatic heterocycles. The summed E-state index contributed by atoms with van der Waals surface area (Å²) in [5, 5.41) is 15.7. The molecule has 6 heteroatoms. The van der Waals surface area contributed by atoms with E-state index >= 15 is 0 Å². The van der Waals surface area contributed by atoms with Crippen molar-refractivity contribution < 1.29 is 14.7 Å². The lowest BCUT2D eigenvalue weighted by molar-refractivity contribution is -0.125. The van der Waals surface area contributed by atoms with Gasteiger partial charge in [0.1, 0.15) is 5.75 Å². The van der Waals surface area contributed by atoms with Gasteiger partial charge in [0.15, 0.2) is 0 Å². The molecule has 1 saturated heterocycles. The zero-order valence-corrected chi connectivity index (χ0v) is 21.4. The Labute approximate surface area is 210 Å². The van der Waals surface area contributed by atoms with E-state index in [1.807, 2.05) is 37.3 Å². The highest BCUT2D eigenvalue weighted by Crippen LogP contribution is 2.40. The molecule has 0 radical (unpaired) electrons. The Kier molecular flexibility index (Phi) is 9.73. The number of nitrogens with zero attached hydrogens (tertiary/aromatic N) is 1. The smallest absolute Gasteiger partial charge is 0.223 e. The molecule has 35 heavy (non-hydrogen) atoms. The summed E-state index contributed by atoms with van der Waals surface area (Å²) < 4.78 is 0. The third-order valence-electron chi connectivity index (χ3n) is 7.59. The van der Waals surface area contributed by atoms with Gasteiger partial charge in [-0.25, -0.2) is 0 Å². The number of phenolic OH excluding ortho intramolecular Hbond substituents is 1. The molecule has 1 aliphatic heterocycles. The van der Waals surface area contributed by atoms with Crippen molar-refractivity contribution in [2.45, 2.75) is 51.9 Å². The Balaban J connectivity index is 1.58. The number of piperidine rings is 1. The lowest BCUT2D eigenvalue weighted by Crippen LogP contribution is -2.48. The summed E-state index contributed by atoms with van der Waals surface area (Å²) in [5.74, 6) is 0.593. The third-order valence-corrected chi connectivity index (χ3v) is 7.59. The molecule has 0 bridgehead atoms. The predicted octanol–water partition coefficient (Wildman–Crippen LogP) is 3.88. The molecule has 2 amide bonds. The Morgan fingerprint density at radius 1 is 1.14 bits per heavy atom. The first-order valence-corrected chi connectivity index (χ1v) is 12.9. The molecule has 0 aliphatic carbocycles. The number of carbonyl (C=O) groups excluding carboxylic acids is 2. The van der Waals surface area contributed by atoms with Gasteiger partial charge in [0, 0.05) is 32.0 Å². The number of carbonyl (C=O) groups is 2. The van der Waals surface area contributed by atoms with E-state index in [0.717, 1.165) is 38.0 Å². The molecule has 3 unspecified atom stereocenters. The lowest BCUT2D eigenvalue weighted by Gasteiger charge is -2.45. The van der Waals surface area contributed by atoms with Crippen LogP contribution >= 0.6 is 0 Å². The van der Waals surface area contributed by atoms with Crippen LogP contribution in [0.15, 0.2) is 54.6 Å². The summed E-state index contributed by atoms with van der Waals surface area (Å²) in [7, 11) is 0. The molecule has 1 fully saturated rings. The van der Waals surface area contributed by atoms with Gasteiger partial charge in [-0.05, 0) is 73.9 Å². The molecule has 1 heterocycles. The first-order valence-electron chi connectivity index (χ1n) is 12.9. The molecule has 3 atom stereocenters. The van der Waals surface area contributed by atoms with Gasteiger partial charge in [0.05, 0.1) is 0 Å². The van der Waals surface area contributed by atoms with Crippen LogP contribution in [0.3, 0.4) is 0 Å². The molecule has 6 nitrogen and oxygen atoms in total. The van der Waals surface area contributed by atoms with Gasteiger partial charge >= 0.3 is 0 Å². The molecule has 2 aromatic rings. The summed E-state index contributed by atoms with van der Waals surface area (Å²) in [5.41, 5.74) is 2.37. The van der Waals surface area contributed by atoms with Gasteiger partial charge in [-0.1, -0.05) is 56.3 Å². The van der Waals surface area contributed by atoms with Crippen LogP contribution in [0.1, 0.15) is 51.2 Å². The topological polar surface area (TPSA) is 81.7 Å². The Hall–Kier alpha value is -2.86. The zero-order chi connectivity index (χ0) is 25.3. The van der Waals surface area contributed by atoms with Crippen molar-refractivity contribution >= 4 is 11.8 Å². The monoisotopic (exact) mass is 479 g/mol. The Morgan fingerprint density at radius 3 is 2.60 bits per heavy atom. The van der Waals surface area contributed by atoms with E-state index in [-0.39, 0.29) is 23.1 Å². The van der Waals surface area contributed by atoms with Gasteiger partial charge in [0.25, 0.3) is 0 Å². The second-order valence-corrected chi connectivity index (χ2v) is 10.1. The molecule has 3 rings (SSSR count). The number of amides is 2. The minimum Gasteiger partial charge on any atom is -0.508 e. The Morgan fingerprint density at radius 2 is 1.91 bits per heavy atom. The number of hydrogen-bond donors (Lipinski definition) is 3. The number of hydrogen-bond acceptors (Lipinski definition) is 4. The van der Waals surface area contributed by atoms with Crippen LogP contribution in [0.4, 0.5) is 0 Å². The van der Waals surface area contributed by atoms with Crippen LogP contribution in [-0.2, 0) is 21.4 Å². The number of rotatable bonds is 11. The van der Waals surface area contributed by atoms with Crippen molar-refractivity contribution in [2.75, 3.05) is 32.7 Å². The van der Waals surface area contributed by atoms with Gasteiger partial charge in [-0.15, -0.1) is 0 Å². The van der Waals surface area contributed by atoms with E-state index in [1.54, 1.807) is 6.07 Å². The lowest BCUT2D eigenvalue weighted by atomic mass is 9.68. The van der Waals surface area contributed by atoms with E-state index < -0.39 is 0 Å². The van der Waals surface area contributed by atoms with Crippen molar-refractivity contribution in [3.63, 3.8) is 0 Å². The first kappa shape index (κ1) is 26.7. The van der Waals surface area contributed by atoms with Crippen molar-refractivity contribution in [1.82, 2.24) is 15.5 Å². The maximum Gasteiger partial charge on any atom is 0.223 e. The summed E-state index contributed by atoms with van der Waals surface area (Å²) in [6, 6.07) is 17.8. The molecule has 1 aliphatic rings. The van der Waals surface area contributed by atoms with Crippen molar-refractivity contribution in [3.05, 3.63) is 65.7 Å². The standard InChI is InChI=1S/C29H41N3O3/c1-4-30-27(34)13-16-31-28(35)24(19-23-9-6-5-7-10-23)14-17-32-18-15-29(3,22(2)21-32)25-11-8-12-26(33)20-25/h5-12,20,22,24,33H,4,13-19,21H2,1-3H3,(H,30,34)(H,31,35). The fraction of sp³-hybridized carbons (Fsp3) is 0.517. The molecular formula is C29H41N3O3. The SMILES string of the molecule is CCNC(=O)CCNC(=O)C(CCN1CCC(C)(c2cccc(O)c2)C(C)C1)Cc1ccccc1. The average Bonchev–Trinajstić information content (AvgIpc) is 2.84. The highest BCUT2D eigenvalue weighted by molar-refractivity contribution is 5.80. The molecular weight excluding hydrogens is 438 g/mol. The molecule has 190 valence electrons. The fourth-order valence-corrected chi connectivity index (χ4v) is 5.10. The fourth-order valence-electron chi connectivity index (χ4n) is 5.10. The Bertz CT molecular complexity index is 965. The number of aromatic hydroxyl groups is 1. The molecule has 0 spiro atoms. The summed E-state index contributed by atoms with van der Waals surface area (Å²) in [6.07, 6.45) is 2.78. The molecule has 0 saturated carbocycles. The predicted molar refractivity (Wildman–Crippen MR) is 140 cm³/mol.